The number of H-pyrrole nitrogens is 1. The van der Waals surface area contributed by atoms with Crippen molar-refractivity contribution in [1.82, 2.24) is 9.97 Å². The lowest BCUT2D eigenvalue weighted by Gasteiger charge is -1.92. The van der Waals surface area contributed by atoms with Crippen LogP contribution >= 0.6 is 12.4 Å². The van der Waals surface area contributed by atoms with Gasteiger partial charge in [0.25, 0.3) is 0 Å². The highest BCUT2D eigenvalue weighted by Gasteiger charge is 1.98. The fraction of sp³-hybridized carbons (Fsp3) is 0.429. The number of nitrogens with one attached hydrogen (secondary N) is 1. The van der Waals surface area contributed by atoms with E-state index in [4.69, 9.17) is 5.11 Å². The molecular weight excluding hydrogens is 180 g/mol. The molecule has 5 heteroatoms. The summed E-state index contributed by atoms with van der Waals surface area (Å²) in [5.41, 5.74) is 0. The van der Waals surface area contributed by atoms with Crippen LogP contribution in [0, 0.1) is 0 Å². The van der Waals surface area contributed by atoms with Gasteiger partial charge in [0.1, 0.15) is 5.82 Å². The monoisotopic (exact) mass is 190 g/mol. The molecule has 1 heterocycles. The number of hydrogen-bond acceptors (Lipinski definition) is 2. The third-order valence-electron chi connectivity index (χ3n) is 1.36. The molecule has 0 aromatic carbocycles. The normalized spacial score (nSPS) is 9.00. The molecule has 12 heavy (non-hydrogen) atoms. The van der Waals surface area contributed by atoms with E-state index in [0.717, 1.165) is 5.82 Å². The first-order valence-corrected chi connectivity index (χ1v) is 3.49. The molecule has 68 valence electrons. The summed E-state index contributed by atoms with van der Waals surface area (Å²) < 4.78 is 0. The van der Waals surface area contributed by atoms with Crippen molar-refractivity contribution in [3.05, 3.63) is 18.2 Å². The second-order valence-corrected chi connectivity index (χ2v) is 2.28. The lowest BCUT2D eigenvalue weighted by atomic mass is 10.2. The number of aromatic nitrogens is 2. The molecule has 1 aromatic heterocycles. The number of hydrogen-bond donors (Lipinski definition) is 2. The molecule has 0 amide bonds. The Balaban J connectivity index is 0.00000121. The summed E-state index contributed by atoms with van der Waals surface area (Å²) in [5, 5.41) is 8.31. The number of carbonyl (C=O) groups is 1. The van der Waals surface area contributed by atoms with Crippen LogP contribution in [0.5, 0.6) is 0 Å². The maximum atomic E-state index is 10.1. The number of rotatable bonds is 4. The van der Waals surface area contributed by atoms with Gasteiger partial charge in [0, 0.05) is 25.2 Å². The minimum Gasteiger partial charge on any atom is -0.481 e. The van der Waals surface area contributed by atoms with Gasteiger partial charge in [-0.15, -0.1) is 12.4 Å². The largest absolute Gasteiger partial charge is 0.481 e. The zero-order valence-electron chi connectivity index (χ0n) is 6.49. The Morgan fingerprint density at radius 1 is 1.67 bits per heavy atom. The highest BCUT2D eigenvalue weighted by molar-refractivity contribution is 5.85. The van der Waals surface area contributed by atoms with Crippen LogP contribution < -0.4 is 0 Å². The Morgan fingerprint density at radius 3 is 2.92 bits per heavy atom. The Hall–Kier alpha value is -1.03. The number of imidazole rings is 1. The van der Waals surface area contributed by atoms with Crippen LogP contribution in [0.1, 0.15) is 18.7 Å². The molecule has 1 rings (SSSR count). The van der Waals surface area contributed by atoms with E-state index in [0.29, 0.717) is 12.8 Å². The Labute approximate surface area is 76.4 Å². The minimum absolute atomic E-state index is 0. The van der Waals surface area contributed by atoms with Crippen LogP contribution in [0.3, 0.4) is 0 Å². The number of aromatic amines is 1. The Morgan fingerprint density at radius 2 is 2.42 bits per heavy atom. The van der Waals surface area contributed by atoms with Gasteiger partial charge in [-0.2, -0.15) is 0 Å². The average Bonchev–Trinajstić information content (AvgIpc) is 2.39. The van der Waals surface area contributed by atoms with Crippen LogP contribution in [-0.2, 0) is 11.2 Å². The van der Waals surface area contributed by atoms with E-state index in [9.17, 15) is 4.79 Å². The van der Waals surface area contributed by atoms with E-state index >= 15 is 0 Å². The number of carboxylic acid groups (broad SMARTS) is 1. The van der Waals surface area contributed by atoms with Crippen molar-refractivity contribution in [3.63, 3.8) is 0 Å². The van der Waals surface area contributed by atoms with Crippen molar-refractivity contribution < 1.29 is 9.90 Å². The van der Waals surface area contributed by atoms with E-state index in [1.54, 1.807) is 12.4 Å². The second kappa shape index (κ2) is 5.60. The van der Waals surface area contributed by atoms with Crippen LogP contribution in [-0.4, -0.2) is 21.0 Å². The summed E-state index contributed by atoms with van der Waals surface area (Å²) in [5.74, 6) is 0.0998. The van der Waals surface area contributed by atoms with Gasteiger partial charge in [0.2, 0.25) is 0 Å². The molecule has 0 saturated carbocycles. The molecule has 0 unspecified atom stereocenters. The SMILES string of the molecule is Cl.O=C(O)CCCc1ncc[nH]1. The highest BCUT2D eigenvalue weighted by atomic mass is 35.5. The third kappa shape index (κ3) is 3.98. The van der Waals surface area contributed by atoms with Crippen LogP contribution in [0.25, 0.3) is 0 Å². The van der Waals surface area contributed by atoms with Crippen LogP contribution in [0.2, 0.25) is 0 Å². The van der Waals surface area contributed by atoms with Gasteiger partial charge in [-0.25, -0.2) is 4.98 Å². The second-order valence-electron chi connectivity index (χ2n) is 2.28. The molecule has 0 spiro atoms. The predicted octanol–water partition coefficient (Wildman–Crippen LogP) is 1.24. The summed E-state index contributed by atoms with van der Waals surface area (Å²) in [4.78, 5) is 17.0. The van der Waals surface area contributed by atoms with Gasteiger partial charge in [0.05, 0.1) is 0 Å². The molecule has 0 saturated heterocycles. The Kier molecular flexibility index (Phi) is 5.12. The molecule has 0 aliphatic rings. The first-order valence-electron chi connectivity index (χ1n) is 3.49. The topological polar surface area (TPSA) is 66.0 Å². The summed E-state index contributed by atoms with van der Waals surface area (Å²) in [6.07, 6.45) is 4.95. The smallest absolute Gasteiger partial charge is 0.303 e. The summed E-state index contributed by atoms with van der Waals surface area (Å²) in [6, 6.07) is 0. The van der Waals surface area contributed by atoms with Crippen LogP contribution in [0.4, 0.5) is 0 Å². The molecule has 0 radical (unpaired) electrons. The fourth-order valence-corrected chi connectivity index (χ4v) is 0.842. The number of carboxylic acids is 1. The lowest BCUT2D eigenvalue weighted by molar-refractivity contribution is -0.137. The van der Waals surface area contributed by atoms with Crippen molar-refractivity contribution in [2.75, 3.05) is 0 Å². The zero-order chi connectivity index (χ0) is 8.10. The van der Waals surface area contributed by atoms with E-state index in [-0.39, 0.29) is 18.8 Å². The third-order valence-corrected chi connectivity index (χ3v) is 1.36. The number of nitrogens with zero attached hydrogens (tertiary/aromatic N) is 1. The van der Waals surface area contributed by atoms with Crippen molar-refractivity contribution in [1.29, 1.82) is 0 Å². The van der Waals surface area contributed by atoms with Crippen molar-refractivity contribution in [2.24, 2.45) is 0 Å². The van der Waals surface area contributed by atoms with Gasteiger partial charge in [-0.1, -0.05) is 0 Å². The molecule has 0 aliphatic heterocycles. The first-order chi connectivity index (χ1) is 5.29. The summed E-state index contributed by atoms with van der Waals surface area (Å²) >= 11 is 0. The molecular formula is C7H11ClN2O2. The number of aryl methyl sites for hydroxylation is 1. The van der Waals surface area contributed by atoms with Crippen molar-refractivity contribution >= 4 is 18.4 Å². The molecule has 2 N–H and O–H groups in total. The average molecular weight is 191 g/mol. The van der Waals surface area contributed by atoms with Crippen molar-refractivity contribution in [2.45, 2.75) is 19.3 Å². The molecule has 0 atom stereocenters. The van der Waals surface area contributed by atoms with E-state index in [1.165, 1.54) is 0 Å². The lowest BCUT2D eigenvalue weighted by Crippen LogP contribution is -1.96. The summed E-state index contributed by atoms with van der Waals surface area (Å²) in [7, 11) is 0. The van der Waals surface area contributed by atoms with Gasteiger partial charge >= 0.3 is 5.97 Å². The predicted molar refractivity (Wildman–Crippen MR) is 46.4 cm³/mol. The van der Waals surface area contributed by atoms with E-state index in [1.807, 2.05) is 0 Å². The fourth-order valence-electron chi connectivity index (χ4n) is 0.842. The quantitative estimate of drug-likeness (QED) is 0.751. The van der Waals surface area contributed by atoms with Crippen LogP contribution in [0.15, 0.2) is 12.4 Å². The minimum atomic E-state index is -0.753. The van der Waals surface area contributed by atoms with Gasteiger partial charge in [-0.05, 0) is 6.42 Å². The molecule has 4 nitrogen and oxygen atoms in total. The van der Waals surface area contributed by atoms with E-state index < -0.39 is 5.97 Å². The highest BCUT2D eigenvalue weighted by Crippen LogP contribution is 1.97. The summed E-state index contributed by atoms with van der Waals surface area (Å²) in [6.45, 7) is 0. The standard InChI is InChI=1S/C7H10N2O2.ClH/c10-7(11)3-1-2-6-8-4-5-9-6;/h4-5H,1-3H2,(H,8,9)(H,10,11);1H. The molecule has 0 bridgehead atoms. The Bertz CT molecular complexity index is 223. The molecule has 0 fully saturated rings. The van der Waals surface area contributed by atoms with Gasteiger partial charge < -0.3 is 10.1 Å². The number of halogens is 1. The van der Waals surface area contributed by atoms with Crippen molar-refractivity contribution in [3.8, 4) is 0 Å². The molecule has 0 aliphatic carbocycles. The maximum Gasteiger partial charge on any atom is 0.303 e. The molecule has 1 aromatic rings. The number of aliphatic carboxylic acids is 1. The van der Waals surface area contributed by atoms with E-state index in [2.05, 4.69) is 9.97 Å². The zero-order valence-corrected chi connectivity index (χ0v) is 7.30. The van der Waals surface area contributed by atoms with Gasteiger partial charge in [0.15, 0.2) is 0 Å². The van der Waals surface area contributed by atoms with Gasteiger partial charge in [-0.3, -0.25) is 4.79 Å². The first kappa shape index (κ1) is 11.0. The maximum absolute atomic E-state index is 10.1.